The molecule has 1 aromatic carbocycles. The summed E-state index contributed by atoms with van der Waals surface area (Å²) in [7, 11) is 0. The lowest BCUT2D eigenvalue weighted by Crippen LogP contribution is -2.30. The second-order valence-corrected chi connectivity index (χ2v) is 5.65. The molecule has 1 aliphatic rings. The summed E-state index contributed by atoms with van der Waals surface area (Å²) in [6, 6.07) is 5.57. The fourth-order valence-corrected chi connectivity index (χ4v) is 2.95. The Hall–Kier alpha value is -1.51. The second-order valence-electron chi connectivity index (χ2n) is 5.65. The number of nitrogens with zero attached hydrogens (tertiary/aromatic N) is 1. The number of aryl methyl sites for hydroxylation is 1. The maximum Gasteiger partial charge on any atom is 0.335 e. The first-order chi connectivity index (χ1) is 9.72. The third-order valence-electron chi connectivity index (χ3n) is 4.07. The number of hydrogen-bond acceptors (Lipinski definition) is 2. The van der Waals surface area contributed by atoms with Gasteiger partial charge in [-0.25, -0.2) is 4.79 Å². The molecule has 0 unspecified atom stereocenters. The van der Waals surface area contributed by atoms with Crippen molar-refractivity contribution in [1.82, 2.24) is 0 Å². The molecule has 0 spiro atoms. The summed E-state index contributed by atoms with van der Waals surface area (Å²) in [5.41, 5.74) is 2.86. The van der Waals surface area contributed by atoms with Crippen molar-refractivity contribution in [2.75, 3.05) is 18.0 Å². The van der Waals surface area contributed by atoms with E-state index >= 15 is 0 Å². The fraction of sp³-hybridized carbons (Fsp3) is 0.588. The van der Waals surface area contributed by atoms with Gasteiger partial charge in [-0.1, -0.05) is 32.6 Å². The zero-order chi connectivity index (χ0) is 14.4. The monoisotopic (exact) mass is 275 g/mol. The Balaban J connectivity index is 1.96. The Morgan fingerprint density at radius 1 is 1.25 bits per heavy atom. The summed E-state index contributed by atoms with van der Waals surface area (Å²) >= 11 is 0. The summed E-state index contributed by atoms with van der Waals surface area (Å²) in [6.45, 7) is 4.44. The van der Waals surface area contributed by atoms with Crippen LogP contribution in [0.4, 0.5) is 5.69 Å². The highest BCUT2D eigenvalue weighted by Crippen LogP contribution is 2.28. The number of unbranched alkanes of at least 4 members (excludes halogenated alkanes) is 4. The van der Waals surface area contributed by atoms with Gasteiger partial charge in [0.25, 0.3) is 0 Å². The van der Waals surface area contributed by atoms with E-state index in [1.807, 2.05) is 12.1 Å². The highest BCUT2D eigenvalue weighted by molar-refractivity contribution is 5.88. The Morgan fingerprint density at radius 2 is 2.05 bits per heavy atom. The molecule has 0 fully saturated rings. The molecule has 20 heavy (non-hydrogen) atoms. The van der Waals surface area contributed by atoms with Gasteiger partial charge in [-0.2, -0.15) is 0 Å². The summed E-state index contributed by atoms with van der Waals surface area (Å²) in [5, 5.41) is 9.06. The number of carboxylic acids is 1. The number of fused-ring (bicyclic) bond motifs is 1. The molecular weight excluding hydrogens is 250 g/mol. The van der Waals surface area contributed by atoms with Gasteiger partial charge >= 0.3 is 5.97 Å². The van der Waals surface area contributed by atoms with E-state index in [0.29, 0.717) is 5.56 Å². The molecule has 3 nitrogen and oxygen atoms in total. The number of hydrogen-bond donors (Lipinski definition) is 1. The van der Waals surface area contributed by atoms with Gasteiger partial charge in [0.2, 0.25) is 0 Å². The van der Waals surface area contributed by atoms with Crippen LogP contribution in [0.1, 0.15) is 61.4 Å². The molecule has 110 valence electrons. The van der Waals surface area contributed by atoms with Gasteiger partial charge in [0.1, 0.15) is 0 Å². The molecule has 0 saturated heterocycles. The smallest absolute Gasteiger partial charge is 0.335 e. The summed E-state index contributed by atoms with van der Waals surface area (Å²) in [6.07, 6.45) is 8.61. The van der Waals surface area contributed by atoms with Crippen LogP contribution in [0.15, 0.2) is 18.2 Å². The Labute approximate surface area is 121 Å². The summed E-state index contributed by atoms with van der Waals surface area (Å²) in [5.74, 6) is -0.829. The van der Waals surface area contributed by atoms with Crippen molar-refractivity contribution in [3.8, 4) is 0 Å². The first-order valence-corrected chi connectivity index (χ1v) is 7.83. The predicted octanol–water partition coefficient (Wildman–Crippen LogP) is 4.11. The van der Waals surface area contributed by atoms with Crippen molar-refractivity contribution < 1.29 is 9.90 Å². The van der Waals surface area contributed by atoms with Crippen LogP contribution in [0.5, 0.6) is 0 Å². The number of carboxylic acid groups (broad SMARTS) is 1. The minimum Gasteiger partial charge on any atom is -0.478 e. The molecule has 0 bridgehead atoms. The highest BCUT2D eigenvalue weighted by atomic mass is 16.4. The molecule has 0 aliphatic carbocycles. The van der Waals surface area contributed by atoms with Crippen molar-refractivity contribution in [3.05, 3.63) is 29.3 Å². The zero-order valence-electron chi connectivity index (χ0n) is 12.4. The van der Waals surface area contributed by atoms with Crippen LogP contribution in [-0.4, -0.2) is 24.2 Å². The molecule has 1 aromatic rings. The predicted molar refractivity (Wildman–Crippen MR) is 82.7 cm³/mol. The lowest BCUT2D eigenvalue weighted by molar-refractivity contribution is 0.0697. The average Bonchev–Trinajstić information content (AvgIpc) is 2.46. The number of benzene rings is 1. The molecule has 3 heteroatoms. The van der Waals surface area contributed by atoms with Crippen LogP contribution in [0.25, 0.3) is 0 Å². The van der Waals surface area contributed by atoms with Gasteiger partial charge < -0.3 is 10.0 Å². The molecule has 0 radical (unpaired) electrons. The van der Waals surface area contributed by atoms with E-state index in [1.54, 1.807) is 6.07 Å². The van der Waals surface area contributed by atoms with Crippen LogP contribution in [0.2, 0.25) is 0 Å². The quantitative estimate of drug-likeness (QED) is 0.761. The largest absolute Gasteiger partial charge is 0.478 e. The number of rotatable bonds is 7. The summed E-state index contributed by atoms with van der Waals surface area (Å²) in [4.78, 5) is 13.5. The van der Waals surface area contributed by atoms with Crippen LogP contribution in [-0.2, 0) is 6.42 Å². The van der Waals surface area contributed by atoms with Gasteiger partial charge in [-0.3, -0.25) is 0 Å². The van der Waals surface area contributed by atoms with E-state index in [2.05, 4.69) is 11.8 Å². The molecular formula is C17H25NO2. The molecule has 0 amide bonds. The van der Waals surface area contributed by atoms with Crippen LogP contribution in [0, 0.1) is 0 Å². The topological polar surface area (TPSA) is 40.5 Å². The first kappa shape index (κ1) is 14.9. The number of carbonyl (C=O) groups is 1. The van der Waals surface area contributed by atoms with Crippen molar-refractivity contribution >= 4 is 11.7 Å². The molecule has 2 rings (SSSR count). The van der Waals surface area contributed by atoms with Crippen molar-refractivity contribution in [1.29, 1.82) is 0 Å². The van der Waals surface area contributed by atoms with E-state index < -0.39 is 5.97 Å². The fourth-order valence-electron chi connectivity index (χ4n) is 2.95. The Kier molecular flexibility index (Phi) is 5.45. The zero-order valence-corrected chi connectivity index (χ0v) is 12.4. The molecule has 1 aliphatic heterocycles. The lowest BCUT2D eigenvalue weighted by atomic mass is 9.99. The highest BCUT2D eigenvalue weighted by Gasteiger charge is 2.17. The van der Waals surface area contributed by atoms with E-state index in [-0.39, 0.29) is 0 Å². The van der Waals surface area contributed by atoms with Gasteiger partial charge in [-0.15, -0.1) is 0 Å². The van der Waals surface area contributed by atoms with E-state index in [9.17, 15) is 4.79 Å². The molecule has 1 heterocycles. The Morgan fingerprint density at radius 3 is 2.80 bits per heavy atom. The van der Waals surface area contributed by atoms with Crippen LogP contribution >= 0.6 is 0 Å². The van der Waals surface area contributed by atoms with E-state index in [1.165, 1.54) is 43.4 Å². The average molecular weight is 275 g/mol. The summed E-state index contributed by atoms with van der Waals surface area (Å²) < 4.78 is 0. The van der Waals surface area contributed by atoms with Gasteiger partial charge in [0.15, 0.2) is 0 Å². The third-order valence-corrected chi connectivity index (χ3v) is 4.07. The van der Waals surface area contributed by atoms with E-state index in [4.69, 9.17) is 5.11 Å². The van der Waals surface area contributed by atoms with Crippen molar-refractivity contribution in [2.45, 2.75) is 51.9 Å². The maximum absolute atomic E-state index is 11.0. The normalized spacial score (nSPS) is 14.2. The molecule has 1 N–H and O–H groups in total. The second kappa shape index (κ2) is 7.32. The SMILES string of the molecule is CCCCCCCN1CCCc2cc(C(=O)O)ccc21. The van der Waals surface area contributed by atoms with Crippen molar-refractivity contribution in [3.63, 3.8) is 0 Å². The van der Waals surface area contributed by atoms with Crippen LogP contribution < -0.4 is 4.90 Å². The number of anilines is 1. The standard InChI is InChI=1S/C17H25NO2/c1-2-3-4-5-6-11-18-12-7-8-14-13-15(17(19)20)9-10-16(14)18/h9-10,13H,2-8,11-12H2,1H3,(H,19,20). The molecule has 0 saturated carbocycles. The van der Waals surface area contributed by atoms with Gasteiger partial charge in [-0.05, 0) is 43.0 Å². The van der Waals surface area contributed by atoms with E-state index in [0.717, 1.165) is 25.9 Å². The van der Waals surface area contributed by atoms with Gasteiger partial charge in [0.05, 0.1) is 5.56 Å². The van der Waals surface area contributed by atoms with Gasteiger partial charge in [0, 0.05) is 18.8 Å². The molecule has 0 aromatic heterocycles. The maximum atomic E-state index is 11.0. The van der Waals surface area contributed by atoms with Crippen molar-refractivity contribution in [2.24, 2.45) is 0 Å². The minimum absolute atomic E-state index is 0.411. The van der Waals surface area contributed by atoms with Crippen LogP contribution in [0.3, 0.4) is 0 Å². The third kappa shape index (κ3) is 3.75. The minimum atomic E-state index is -0.829. The molecule has 0 atom stereocenters. The number of aromatic carboxylic acids is 1. The first-order valence-electron chi connectivity index (χ1n) is 7.83. The Bertz CT molecular complexity index is 456. The lowest BCUT2D eigenvalue weighted by Gasteiger charge is -2.31.